The Balaban J connectivity index is 1.50. The molecule has 50 heavy (non-hydrogen) atoms. The first-order chi connectivity index (χ1) is 23.8. The van der Waals surface area contributed by atoms with Gasteiger partial charge in [0.1, 0.15) is 12.1 Å². The summed E-state index contributed by atoms with van der Waals surface area (Å²) < 4.78 is 8.18. The number of rotatable bonds is 5. The molecule has 0 saturated carbocycles. The maximum atomic E-state index is 5.76. The Hall–Kier alpha value is -5.29. The van der Waals surface area contributed by atoms with E-state index in [1.165, 1.54) is 66.6 Å². The quantitative estimate of drug-likeness (QED) is 0.185. The van der Waals surface area contributed by atoms with Crippen LogP contribution in [0, 0.1) is 76.2 Å². The summed E-state index contributed by atoms with van der Waals surface area (Å²) in [5.74, 6) is 2.24. The highest BCUT2D eigenvalue weighted by Gasteiger charge is 2.23. The highest BCUT2D eigenvalue weighted by atomic mass is 16.5. The highest BCUT2D eigenvalue weighted by Crippen LogP contribution is 2.42. The van der Waals surface area contributed by atoms with Crippen LogP contribution in [0.15, 0.2) is 60.9 Å². The van der Waals surface area contributed by atoms with E-state index in [1.807, 2.05) is 0 Å². The van der Waals surface area contributed by atoms with Crippen LogP contribution in [0.4, 0.5) is 0 Å². The first-order valence-electron chi connectivity index (χ1n) is 17.4. The molecular weight excluding hydrogens is 613 g/mol. The Morgan fingerprint density at radius 2 is 0.980 bits per heavy atom. The molecule has 0 radical (unpaired) electrons. The number of nitrogens with zero attached hydrogens (tertiary/aromatic N) is 4. The van der Waals surface area contributed by atoms with Gasteiger partial charge in [0.15, 0.2) is 11.6 Å². The van der Waals surface area contributed by atoms with Crippen LogP contribution in [0.25, 0.3) is 61.4 Å². The van der Waals surface area contributed by atoms with Gasteiger partial charge in [-0.3, -0.25) is 0 Å². The molecule has 2 heterocycles. The van der Waals surface area contributed by atoms with E-state index in [1.54, 1.807) is 13.4 Å². The molecule has 5 nitrogen and oxygen atoms in total. The van der Waals surface area contributed by atoms with E-state index >= 15 is 0 Å². The number of benzene rings is 5. The number of aryl methyl sites for hydroxylation is 6. The summed E-state index contributed by atoms with van der Waals surface area (Å²) in [4.78, 5) is 14.7. The summed E-state index contributed by atoms with van der Waals surface area (Å²) in [5, 5.41) is 2.35. The van der Waals surface area contributed by atoms with Crippen molar-refractivity contribution in [2.45, 2.75) is 76.2 Å². The van der Waals surface area contributed by atoms with Crippen LogP contribution in [0.5, 0.6) is 5.75 Å². The van der Waals surface area contributed by atoms with Crippen molar-refractivity contribution in [2.75, 3.05) is 7.11 Å². The van der Waals surface area contributed by atoms with Gasteiger partial charge in [-0.2, -0.15) is 0 Å². The van der Waals surface area contributed by atoms with Gasteiger partial charge < -0.3 is 9.30 Å². The molecule has 0 spiro atoms. The lowest BCUT2D eigenvalue weighted by Crippen LogP contribution is -2.06. The summed E-state index contributed by atoms with van der Waals surface area (Å²) in [6, 6.07) is 20.2. The summed E-state index contributed by atoms with van der Waals surface area (Å²) in [6.45, 7) is 24.1. The molecule has 0 amide bonds. The fraction of sp³-hybridized carbons (Fsp3) is 0.267. The third-order valence-electron chi connectivity index (χ3n) is 11.2. The maximum Gasteiger partial charge on any atom is 0.163 e. The molecule has 0 unspecified atom stereocenters. The van der Waals surface area contributed by atoms with Crippen LogP contribution >= 0.6 is 0 Å². The van der Waals surface area contributed by atoms with Crippen molar-refractivity contribution in [3.05, 3.63) is 122 Å². The second-order valence-electron chi connectivity index (χ2n) is 14.2. The van der Waals surface area contributed by atoms with E-state index in [-0.39, 0.29) is 0 Å². The number of aromatic nitrogens is 4. The van der Waals surface area contributed by atoms with E-state index in [0.717, 1.165) is 50.1 Å². The first kappa shape index (κ1) is 33.2. The van der Waals surface area contributed by atoms with Gasteiger partial charge in [0.25, 0.3) is 0 Å². The van der Waals surface area contributed by atoms with Crippen LogP contribution in [-0.4, -0.2) is 26.6 Å². The fourth-order valence-corrected chi connectivity index (χ4v) is 8.13. The minimum Gasteiger partial charge on any atom is -0.497 e. The number of hydrogen-bond acceptors (Lipinski definition) is 4. The molecule has 0 saturated heterocycles. The molecule has 0 bridgehead atoms. The average molecular weight is 659 g/mol. The van der Waals surface area contributed by atoms with Crippen molar-refractivity contribution in [3.8, 4) is 45.3 Å². The van der Waals surface area contributed by atoms with E-state index in [0.29, 0.717) is 11.6 Å². The van der Waals surface area contributed by atoms with E-state index in [9.17, 15) is 0 Å². The molecule has 7 aromatic rings. The first-order valence-corrected chi connectivity index (χ1v) is 17.4. The summed E-state index contributed by atoms with van der Waals surface area (Å²) in [5.41, 5.74) is 21.7. The van der Waals surface area contributed by atoms with Gasteiger partial charge in [-0.25, -0.2) is 15.0 Å². The van der Waals surface area contributed by atoms with Gasteiger partial charge in [0.2, 0.25) is 0 Å². The zero-order chi connectivity index (χ0) is 35.8. The SMILES string of the molecule is COc1ccc2c(c1)c1cc(-c3c(C)c(C)cc(C)c3C)ccc1n2-c1c(C)cc(C)c(-c2ncnc(-c3c(C)c(C)cc(C)c3C)n2)c1C. The van der Waals surface area contributed by atoms with Gasteiger partial charge in [0, 0.05) is 21.9 Å². The Labute approximate surface area is 296 Å². The van der Waals surface area contributed by atoms with Crippen molar-refractivity contribution < 1.29 is 4.74 Å². The van der Waals surface area contributed by atoms with E-state index in [2.05, 4.69) is 135 Å². The molecule has 0 N–H and O–H groups in total. The number of fused-ring (bicyclic) bond motifs is 3. The second kappa shape index (κ2) is 12.2. The van der Waals surface area contributed by atoms with Crippen LogP contribution in [0.2, 0.25) is 0 Å². The zero-order valence-corrected chi connectivity index (χ0v) is 31.5. The second-order valence-corrected chi connectivity index (χ2v) is 14.2. The van der Waals surface area contributed by atoms with Crippen molar-refractivity contribution in [1.29, 1.82) is 0 Å². The standard InChI is InChI=1S/C45H46N4O/c1-23-17-24(2)30(8)41(29(23)7)34-13-15-38-36(20-34)37-21-35(50-12)14-16-39(37)49(38)43-28(6)19-27(5)40(33(43)11)44-46-22-47-45(48-44)42-31(9)25(3)18-26(4)32(42)10/h13-22H,1-12H3. The Morgan fingerprint density at radius 1 is 0.480 bits per heavy atom. The molecule has 252 valence electrons. The van der Waals surface area contributed by atoms with Crippen molar-refractivity contribution >= 4 is 21.8 Å². The zero-order valence-electron chi connectivity index (χ0n) is 31.5. The molecule has 7 rings (SSSR count). The maximum absolute atomic E-state index is 5.76. The van der Waals surface area contributed by atoms with Gasteiger partial charge in [-0.05, 0) is 179 Å². The molecule has 5 aromatic carbocycles. The van der Waals surface area contributed by atoms with Crippen molar-refractivity contribution in [1.82, 2.24) is 19.5 Å². The highest BCUT2D eigenvalue weighted by molar-refractivity contribution is 6.11. The lowest BCUT2D eigenvalue weighted by Gasteiger charge is -2.20. The molecule has 0 fully saturated rings. The average Bonchev–Trinajstić information content (AvgIpc) is 3.39. The molecule has 0 atom stereocenters. The molecule has 0 aliphatic heterocycles. The molecule has 2 aromatic heterocycles. The number of hydrogen-bond donors (Lipinski definition) is 0. The van der Waals surface area contributed by atoms with Crippen LogP contribution < -0.4 is 4.74 Å². The van der Waals surface area contributed by atoms with Crippen molar-refractivity contribution in [2.24, 2.45) is 0 Å². The van der Waals surface area contributed by atoms with Gasteiger partial charge >= 0.3 is 0 Å². The summed E-state index contributed by atoms with van der Waals surface area (Å²) in [7, 11) is 1.73. The minimum absolute atomic E-state index is 0.690. The molecule has 0 aliphatic carbocycles. The van der Waals surface area contributed by atoms with Crippen LogP contribution in [0.1, 0.15) is 61.2 Å². The third-order valence-corrected chi connectivity index (χ3v) is 11.2. The molecular formula is C45H46N4O. The summed E-state index contributed by atoms with van der Waals surface area (Å²) >= 11 is 0. The molecule has 5 heteroatoms. The lowest BCUT2D eigenvalue weighted by molar-refractivity contribution is 0.415. The smallest absolute Gasteiger partial charge is 0.163 e. The van der Waals surface area contributed by atoms with E-state index < -0.39 is 0 Å². The Bertz CT molecular complexity index is 2480. The third kappa shape index (κ3) is 5.10. The number of methoxy groups -OCH3 is 1. The largest absolute Gasteiger partial charge is 0.497 e. The topological polar surface area (TPSA) is 52.8 Å². The summed E-state index contributed by atoms with van der Waals surface area (Å²) in [6.07, 6.45) is 1.66. The number of ether oxygens (including phenoxy) is 1. The Kier molecular flexibility index (Phi) is 8.13. The minimum atomic E-state index is 0.690. The Morgan fingerprint density at radius 3 is 1.56 bits per heavy atom. The predicted molar refractivity (Wildman–Crippen MR) is 209 cm³/mol. The van der Waals surface area contributed by atoms with E-state index in [4.69, 9.17) is 19.7 Å². The van der Waals surface area contributed by atoms with Crippen LogP contribution in [-0.2, 0) is 0 Å². The fourth-order valence-electron chi connectivity index (χ4n) is 8.13. The van der Waals surface area contributed by atoms with Crippen molar-refractivity contribution in [3.63, 3.8) is 0 Å². The van der Waals surface area contributed by atoms with Gasteiger partial charge in [0.05, 0.1) is 23.8 Å². The lowest BCUT2D eigenvalue weighted by atomic mass is 9.89. The van der Waals surface area contributed by atoms with Gasteiger partial charge in [-0.15, -0.1) is 0 Å². The monoisotopic (exact) mass is 658 g/mol. The van der Waals surface area contributed by atoms with Gasteiger partial charge in [-0.1, -0.05) is 24.3 Å². The predicted octanol–water partition coefficient (Wildman–Crippen LogP) is 11.4. The normalized spacial score (nSPS) is 11.6. The molecule has 0 aliphatic rings. The van der Waals surface area contributed by atoms with Crippen LogP contribution in [0.3, 0.4) is 0 Å².